The van der Waals surface area contributed by atoms with Crippen molar-refractivity contribution in [2.45, 2.75) is 19.1 Å². The SMILES string of the molecule is Cc1ccc([C@@H]2[C@H]3C(=O)N(c4ccc(Br)cc4)C(=O)[C@H]3ON2c2ccc(Cl)cc2)cc1. The van der Waals surface area contributed by atoms with Gasteiger partial charge in [-0.05, 0) is 61.0 Å². The van der Waals surface area contributed by atoms with Crippen molar-refractivity contribution in [1.82, 2.24) is 0 Å². The number of imide groups is 1. The minimum Gasteiger partial charge on any atom is -0.273 e. The van der Waals surface area contributed by atoms with Gasteiger partial charge >= 0.3 is 0 Å². The molecular formula is C24H18BrClN2O3. The Morgan fingerprint density at radius 2 is 1.45 bits per heavy atom. The smallest absolute Gasteiger partial charge is 0.266 e. The zero-order chi connectivity index (χ0) is 21.7. The summed E-state index contributed by atoms with van der Waals surface area (Å²) in [6, 6.07) is 21.8. The standard InChI is InChI=1S/C24H18BrClN2O3/c1-14-2-4-15(5-3-14)21-20-22(31-28(21)19-12-8-17(26)9-13-19)24(30)27(23(20)29)18-10-6-16(25)7-11-18/h2-13,20-22H,1H3/t20-,21-,22+/m1/s1. The summed E-state index contributed by atoms with van der Waals surface area (Å²) in [4.78, 5) is 34.2. The number of aryl methyl sites for hydroxylation is 1. The lowest BCUT2D eigenvalue weighted by Gasteiger charge is -2.29. The highest BCUT2D eigenvalue weighted by Gasteiger charge is 2.60. The summed E-state index contributed by atoms with van der Waals surface area (Å²) in [5, 5.41) is 2.27. The molecule has 2 aliphatic heterocycles. The Hall–Kier alpha value is -2.67. The van der Waals surface area contributed by atoms with Crippen LogP contribution in [0, 0.1) is 12.8 Å². The summed E-state index contributed by atoms with van der Waals surface area (Å²) in [5.41, 5.74) is 3.30. The molecule has 3 atom stereocenters. The Labute approximate surface area is 193 Å². The number of carbonyl (C=O) groups excluding carboxylic acids is 2. The van der Waals surface area contributed by atoms with Gasteiger partial charge in [-0.2, -0.15) is 0 Å². The number of halogens is 2. The summed E-state index contributed by atoms with van der Waals surface area (Å²) >= 11 is 9.44. The van der Waals surface area contributed by atoms with Crippen molar-refractivity contribution in [2.24, 2.45) is 5.92 Å². The van der Waals surface area contributed by atoms with Gasteiger partial charge in [0.1, 0.15) is 5.92 Å². The van der Waals surface area contributed by atoms with Crippen LogP contribution in [0.5, 0.6) is 0 Å². The molecule has 31 heavy (non-hydrogen) atoms. The van der Waals surface area contributed by atoms with Crippen LogP contribution < -0.4 is 9.96 Å². The van der Waals surface area contributed by atoms with Crippen molar-refractivity contribution in [3.8, 4) is 0 Å². The van der Waals surface area contributed by atoms with Crippen LogP contribution in [0.4, 0.5) is 11.4 Å². The van der Waals surface area contributed by atoms with Crippen LogP contribution in [0.3, 0.4) is 0 Å². The average Bonchev–Trinajstić information content (AvgIpc) is 3.26. The van der Waals surface area contributed by atoms with E-state index in [4.69, 9.17) is 16.4 Å². The highest BCUT2D eigenvalue weighted by atomic mass is 79.9. The normalized spacial score (nSPS) is 22.9. The van der Waals surface area contributed by atoms with E-state index < -0.39 is 18.1 Å². The van der Waals surface area contributed by atoms with Crippen molar-refractivity contribution in [3.63, 3.8) is 0 Å². The van der Waals surface area contributed by atoms with Gasteiger partial charge in [0, 0.05) is 9.50 Å². The predicted molar refractivity (Wildman–Crippen MR) is 123 cm³/mol. The van der Waals surface area contributed by atoms with Crippen molar-refractivity contribution in [3.05, 3.63) is 93.4 Å². The fourth-order valence-electron chi connectivity index (χ4n) is 4.17. The topological polar surface area (TPSA) is 49.9 Å². The molecule has 3 aromatic carbocycles. The molecule has 0 aromatic heterocycles. The van der Waals surface area contributed by atoms with E-state index >= 15 is 0 Å². The molecule has 0 bridgehead atoms. The number of benzene rings is 3. The molecule has 2 aliphatic rings. The minimum atomic E-state index is -0.891. The Balaban J connectivity index is 1.57. The molecule has 2 saturated heterocycles. The van der Waals surface area contributed by atoms with Crippen LogP contribution in [-0.2, 0) is 14.4 Å². The van der Waals surface area contributed by atoms with Crippen molar-refractivity contribution in [1.29, 1.82) is 0 Å². The van der Waals surface area contributed by atoms with Crippen LogP contribution in [0.2, 0.25) is 5.02 Å². The molecule has 2 heterocycles. The molecular weight excluding hydrogens is 480 g/mol. The Kier molecular flexibility index (Phi) is 5.08. The Bertz CT molecular complexity index is 1150. The van der Waals surface area contributed by atoms with Crippen LogP contribution in [-0.4, -0.2) is 17.9 Å². The Morgan fingerprint density at radius 1 is 0.839 bits per heavy atom. The molecule has 0 aliphatic carbocycles. The van der Waals surface area contributed by atoms with Gasteiger partial charge in [0.15, 0.2) is 6.10 Å². The van der Waals surface area contributed by atoms with E-state index in [-0.39, 0.29) is 11.8 Å². The van der Waals surface area contributed by atoms with Crippen molar-refractivity contribution >= 4 is 50.7 Å². The van der Waals surface area contributed by atoms with Crippen molar-refractivity contribution < 1.29 is 14.4 Å². The van der Waals surface area contributed by atoms with E-state index in [2.05, 4.69) is 15.9 Å². The summed E-state index contributed by atoms with van der Waals surface area (Å²) < 4.78 is 0.873. The highest BCUT2D eigenvalue weighted by Crippen LogP contribution is 2.47. The second kappa shape index (κ2) is 7.79. The fourth-order valence-corrected chi connectivity index (χ4v) is 4.56. The van der Waals surface area contributed by atoms with Gasteiger partial charge in [-0.25, -0.2) is 9.96 Å². The molecule has 0 N–H and O–H groups in total. The zero-order valence-corrected chi connectivity index (χ0v) is 18.9. The van der Waals surface area contributed by atoms with E-state index in [0.29, 0.717) is 10.7 Å². The molecule has 2 fully saturated rings. The predicted octanol–water partition coefficient (Wildman–Crippen LogP) is 5.46. The molecule has 2 amide bonds. The summed E-state index contributed by atoms with van der Waals surface area (Å²) in [5.74, 6) is -1.28. The van der Waals surface area contributed by atoms with Crippen LogP contribution >= 0.6 is 27.5 Å². The highest BCUT2D eigenvalue weighted by molar-refractivity contribution is 9.10. The van der Waals surface area contributed by atoms with E-state index in [9.17, 15) is 9.59 Å². The van der Waals surface area contributed by atoms with Gasteiger partial charge in [-0.3, -0.25) is 14.4 Å². The van der Waals surface area contributed by atoms with Gasteiger partial charge in [0.25, 0.3) is 5.91 Å². The second-order valence-corrected chi connectivity index (χ2v) is 9.05. The molecule has 0 radical (unpaired) electrons. The van der Waals surface area contributed by atoms with Crippen LogP contribution in [0.1, 0.15) is 17.2 Å². The molecule has 7 heteroatoms. The molecule has 0 unspecified atom stereocenters. The third kappa shape index (κ3) is 3.45. The summed E-state index contributed by atoms with van der Waals surface area (Å²) in [7, 11) is 0. The number of anilines is 2. The zero-order valence-electron chi connectivity index (χ0n) is 16.5. The first kappa shape index (κ1) is 20.2. The third-order valence-electron chi connectivity index (χ3n) is 5.70. The monoisotopic (exact) mass is 496 g/mol. The van der Waals surface area contributed by atoms with Gasteiger partial charge in [0.05, 0.1) is 17.4 Å². The van der Waals surface area contributed by atoms with Crippen molar-refractivity contribution in [2.75, 3.05) is 9.96 Å². The van der Waals surface area contributed by atoms with Gasteiger partial charge in [-0.1, -0.05) is 57.4 Å². The second-order valence-electron chi connectivity index (χ2n) is 7.70. The first-order valence-electron chi connectivity index (χ1n) is 9.85. The van der Waals surface area contributed by atoms with Crippen LogP contribution in [0.25, 0.3) is 0 Å². The number of hydrogen-bond donors (Lipinski definition) is 0. The minimum absolute atomic E-state index is 0.264. The maximum absolute atomic E-state index is 13.5. The van der Waals surface area contributed by atoms with Gasteiger partial charge in [-0.15, -0.1) is 0 Å². The molecule has 156 valence electrons. The number of rotatable bonds is 3. The van der Waals surface area contributed by atoms with Crippen LogP contribution in [0.15, 0.2) is 77.3 Å². The largest absolute Gasteiger partial charge is 0.273 e. The van der Waals surface area contributed by atoms with E-state index in [1.165, 1.54) is 4.90 Å². The van der Waals surface area contributed by atoms with E-state index in [0.717, 1.165) is 21.3 Å². The lowest BCUT2D eigenvalue weighted by atomic mass is 9.90. The van der Waals surface area contributed by atoms with Gasteiger partial charge < -0.3 is 0 Å². The number of hydroxylamine groups is 1. The first-order valence-corrected chi connectivity index (χ1v) is 11.0. The lowest BCUT2D eigenvalue weighted by molar-refractivity contribution is -0.126. The maximum atomic E-state index is 13.5. The number of hydrogen-bond acceptors (Lipinski definition) is 4. The maximum Gasteiger partial charge on any atom is 0.266 e. The van der Waals surface area contributed by atoms with E-state index in [1.807, 2.05) is 55.5 Å². The molecule has 0 spiro atoms. The quantitative estimate of drug-likeness (QED) is 0.451. The number of fused-ring (bicyclic) bond motifs is 1. The lowest BCUT2D eigenvalue weighted by Crippen LogP contribution is -2.37. The fraction of sp³-hybridized carbons (Fsp3) is 0.167. The molecule has 5 rings (SSSR count). The molecule has 5 nitrogen and oxygen atoms in total. The number of amides is 2. The third-order valence-corrected chi connectivity index (χ3v) is 6.48. The summed E-state index contributed by atoms with van der Waals surface area (Å²) in [6.45, 7) is 2.01. The Morgan fingerprint density at radius 3 is 2.10 bits per heavy atom. The van der Waals surface area contributed by atoms with E-state index in [1.54, 1.807) is 29.3 Å². The number of nitrogens with zero attached hydrogens (tertiary/aromatic N) is 2. The average molecular weight is 498 g/mol. The number of carbonyl (C=O) groups is 2. The molecule has 3 aromatic rings. The summed E-state index contributed by atoms with van der Waals surface area (Å²) in [6.07, 6.45) is -0.891. The first-order chi connectivity index (χ1) is 14.9. The van der Waals surface area contributed by atoms with Gasteiger partial charge in [0.2, 0.25) is 5.91 Å². The molecule has 0 saturated carbocycles.